The van der Waals surface area contributed by atoms with Crippen LogP contribution in [0.3, 0.4) is 0 Å². The van der Waals surface area contributed by atoms with Crippen molar-refractivity contribution >= 4 is 23.4 Å². The van der Waals surface area contributed by atoms with E-state index in [1.165, 1.54) is 6.20 Å². The van der Waals surface area contributed by atoms with Crippen LogP contribution >= 0.6 is 11.6 Å². The van der Waals surface area contributed by atoms with E-state index in [4.69, 9.17) is 11.6 Å². The van der Waals surface area contributed by atoms with Gasteiger partial charge in [-0.3, -0.25) is 0 Å². The van der Waals surface area contributed by atoms with Crippen molar-refractivity contribution in [3.05, 3.63) is 11.2 Å². The van der Waals surface area contributed by atoms with E-state index >= 15 is 0 Å². The van der Waals surface area contributed by atoms with Crippen molar-refractivity contribution in [1.29, 1.82) is 0 Å². The molecular weight excluding hydrogens is 269 g/mol. The van der Waals surface area contributed by atoms with Gasteiger partial charge in [0.05, 0.1) is 12.1 Å². The summed E-state index contributed by atoms with van der Waals surface area (Å²) >= 11 is 5.92. The van der Waals surface area contributed by atoms with Gasteiger partial charge in [0.15, 0.2) is 5.82 Å². The summed E-state index contributed by atoms with van der Waals surface area (Å²) in [7, 11) is 1.63. The lowest BCUT2D eigenvalue weighted by Crippen LogP contribution is -2.28. The van der Waals surface area contributed by atoms with Gasteiger partial charge < -0.3 is 10.2 Å². The third-order valence-electron chi connectivity index (χ3n) is 2.90. The zero-order valence-electron chi connectivity index (χ0n) is 9.63. The molecule has 1 aliphatic rings. The quantitative estimate of drug-likeness (QED) is 0.904. The summed E-state index contributed by atoms with van der Waals surface area (Å²) in [6.07, 6.45) is -2.71. The first-order valence-corrected chi connectivity index (χ1v) is 5.81. The van der Waals surface area contributed by atoms with E-state index in [2.05, 4.69) is 15.3 Å². The first-order chi connectivity index (χ1) is 8.41. The Morgan fingerprint density at radius 2 is 2.22 bits per heavy atom. The van der Waals surface area contributed by atoms with Gasteiger partial charge in [0.25, 0.3) is 0 Å². The first kappa shape index (κ1) is 13.2. The molecule has 1 saturated heterocycles. The van der Waals surface area contributed by atoms with Gasteiger partial charge in [-0.1, -0.05) is 11.6 Å². The van der Waals surface area contributed by atoms with Crippen molar-refractivity contribution < 1.29 is 13.2 Å². The Balaban J connectivity index is 2.19. The number of aromatic nitrogens is 2. The van der Waals surface area contributed by atoms with Gasteiger partial charge in [-0.05, 0) is 6.42 Å². The van der Waals surface area contributed by atoms with Crippen LogP contribution in [0.25, 0.3) is 0 Å². The summed E-state index contributed by atoms with van der Waals surface area (Å²) in [6, 6.07) is 0. The van der Waals surface area contributed by atoms with Crippen LogP contribution in [0, 0.1) is 5.92 Å². The van der Waals surface area contributed by atoms with Crippen LogP contribution in [0.5, 0.6) is 0 Å². The van der Waals surface area contributed by atoms with Crippen molar-refractivity contribution in [1.82, 2.24) is 9.97 Å². The summed E-state index contributed by atoms with van der Waals surface area (Å²) in [4.78, 5) is 9.53. The molecule has 1 unspecified atom stereocenters. The molecular formula is C10H12ClF3N4. The van der Waals surface area contributed by atoms with Gasteiger partial charge >= 0.3 is 6.18 Å². The fraction of sp³-hybridized carbons (Fsp3) is 0.600. The first-order valence-electron chi connectivity index (χ1n) is 5.43. The molecule has 1 atom stereocenters. The second-order valence-electron chi connectivity index (χ2n) is 4.09. The lowest BCUT2D eigenvalue weighted by atomic mass is 10.1. The number of hydrogen-bond acceptors (Lipinski definition) is 4. The predicted molar refractivity (Wildman–Crippen MR) is 63.0 cm³/mol. The molecule has 2 rings (SSSR count). The second kappa shape index (κ2) is 4.79. The van der Waals surface area contributed by atoms with E-state index in [0.717, 1.165) is 0 Å². The smallest absolute Gasteiger partial charge is 0.357 e. The number of alkyl halides is 3. The molecule has 2 heterocycles. The third-order valence-corrected chi connectivity index (χ3v) is 3.17. The average Bonchev–Trinajstić information content (AvgIpc) is 2.78. The lowest BCUT2D eigenvalue weighted by molar-refractivity contribution is -0.168. The maximum Gasteiger partial charge on any atom is 0.393 e. The van der Waals surface area contributed by atoms with Crippen LogP contribution < -0.4 is 10.2 Å². The molecule has 0 aromatic carbocycles. The van der Waals surface area contributed by atoms with Gasteiger partial charge in [-0.25, -0.2) is 4.98 Å². The maximum atomic E-state index is 12.6. The summed E-state index contributed by atoms with van der Waals surface area (Å²) in [6.45, 7) is 0.188. The summed E-state index contributed by atoms with van der Waals surface area (Å²) < 4.78 is 37.8. The predicted octanol–water partition coefficient (Wildman–Crippen LogP) is 2.56. The van der Waals surface area contributed by atoms with E-state index in [9.17, 15) is 13.2 Å². The van der Waals surface area contributed by atoms with Gasteiger partial charge in [0.1, 0.15) is 5.02 Å². The molecule has 0 spiro atoms. The molecule has 18 heavy (non-hydrogen) atoms. The van der Waals surface area contributed by atoms with E-state index in [1.54, 1.807) is 11.9 Å². The molecule has 1 aliphatic heterocycles. The Hall–Kier alpha value is -1.24. The summed E-state index contributed by atoms with van der Waals surface area (Å²) in [5.74, 6) is -0.630. The second-order valence-corrected chi connectivity index (χ2v) is 4.50. The fourth-order valence-corrected chi connectivity index (χ4v) is 2.13. The SMILES string of the molecule is CNc1ncc(Cl)c(N2CCC(C(F)(F)F)C2)n1. The highest BCUT2D eigenvalue weighted by atomic mass is 35.5. The zero-order valence-corrected chi connectivity index (χ0v) is 10.4. The topological polar surface area (TPSA) is 41.1 Å². The number of hydrogen-bond donors (Lipinski definition) is 1. The third kappa shape index (κ3) is 2.60. The van der Waals surface area contributed by atoms with E-state index in [1.807, 2.05) is 0 Å². The molecule has 8 heteroatoms. The summed E-state index contributed by atoms with van der Waals surface area (Å²) in [5, 5.41) is 2.99. The van der Waals surface area contributed by atoms with Gasteiger partial charge in [-0.2, -0.15) is 18.2 Å². The monoisotopic (exact) mass is 280 g/mol. The Labute approximate surface area is 107 Å². The molecule has 1 aromatic rings. The highest BCUT2D eigenvalue weighted by Gasteiger charge is 2.44. The van der Waals surface area contributed by atoms with E-state index in [-0.39, 0.29) is 18.0 Å². The van der Waals surface area contributed by atoms with Crippen LogP contribution in [0.1, 0.15) is 6.42 Å². The molecule has 0 saturated carbocycles. The molecule has 0 bridgehead atoms. The van der Waals surface area contributed by atoms with E-state index in [0.29, 0.717) is 18.3 Å². The highest BCUT2D eigenvalue weighted by Crippen LogP contribution is 2.36. The zero-order chi connectivity index (χ0) is 13.3. The molecule has 1 fully saturated rings. The number of nitrogens with one attached hydrogen (secondary N) is 1. The average molecular weight is 281 g/mol. The minimum atomic E-state index is -4.17. The van der Waals surface area contributed by atoms with Crippen LogP contribution in [-0.2, 0) is 0 Å². The number of halogens is 4. The molecule has 4 nitrogen and oxygen atoms in total. The number of nitrogens with zero attached hydrogens (tertiary/aromatic N) is 3. The van der Waals surface area contributed by atoms with Crippen molar-refractivity contribution in [2.75, 3.05) is 30.4 Å². The summed E-state index contributed by atoms with van der Waals surface area (Å²) in [5.41, 5.74) is 0. The molecule has 0 aliphatic carbocycles. The Morgan fingerprint density at radius 3 is 2.78 bits per heavy atom. The molecule has 100 valence electrons. The lowest BCUT2D eigenvalue weighted by Gasteiger charge is -2.20. The van der Waals surface area contributed by atoms with Gasteiger partial charge in [0.2, 0.25) is 5.95 Å². The van der Waals surface area contributed by atoms with Crippen molar-refractivity contribution in [3.8, 4) is 0 Å². The van der Waals surface area contributed by atoms with E-state index < -0.39 is 12.1 Å². The van der Waals surface area contributed by atoms with Crippen LogP contribution in [0.2, 0.25) is 5.02 Å². The number of rotatable bonds is 2. The van der Waals surface area contributed by atoms with Gasteiger partial charge in [0, 0.05) is 20.1 Å². The van der Waals surface area contributed by atoms with Crippen molar-refractivity contribution in [2.24, 2.45) is 5.92 Å². The molecule has 1 N–H and O–H groups in total. The van der Waals surface area contributed by atoms with Crippen molar-refractivity contribution in [2.45, 2.75) is 12.6 Å². The van der Waals surface area contributed by atoms with Crippen LogP contribution in [0.4, 0.5) is 24.9 Å². The molecule has 1 aromatic heterocycles. The minimum absolute atomic E-state index is 0.0682. The van der Waals surface area contributed by atoms with Gasteiger partial charge in [-0.15, -0.1) is 0 Å². The molecule has 0 radical (unpaired) electrons. The Kier molecular flexibility index (Phi) is 3.52. The van der Waals surface area contributed by atoms with Crippen LogP contribution in [0.15, 0.2) is 6.20 Å². The minimum Gasteiger partial charge on any atom is -0.357 e. The standard InChI is InChI=1S/C10H12ClF3N4/c1-15-9-16-4-7(11)8(17-9)18-3-2-6(5-18)10(12,13)14/h4,6H,2-3,5H2,1H3,(H,15,16,17). The van der Waals surface area contributed by atoms with Crippen LogP contribution in [-0.4, -0.2) is 36.3 Å². The largest absolute Gasteiger partial charge is 0.393 e. The normalized spacial score (nSPS) is 20.3. The Bertz CT molecular complexity index is 438. The highest BCUT2D eigenvalue weighted by molar-refractivity contribution is 6.32. The van der Waals surface area contributed by atoms with Crippen molar-refractivity contribution in [3.63, 3.8) is 0 Å². The fourth-order valence-electron chi connectivity index (χ4n) is 1.92. The number of anilines is 2. The maximum absolute atomic E-state index is 12.6. The Morgan fingerprint density at radius 1 is 1.50 bits per heavy atom. The molecule has 0 amide bonds.